The van der Waals surface area contributed by atoms with Crippen LogP contribution in [0.3, 0.4) is 0 Å². The highest BCUT2D eigenvalue weighted by Gasteiger charge is 2.46. The van der Waals surface area contributed by atoms with Gasteiger partial charge in [-0.15, -0.1) is 0 Å². The van der Waals surface area contributed by atoms with Gasteiger partial charge in [0.15, 0.2) is 5.82 Å². The molecule has 0 spiro atoms. The van der Waals surface area contributed by atoms with Crippen LogP contribution in [0.2, 0.25) is 0 Å². The molecule has 0 aliphatic carbocycles. The molecule has 0 bridgehead atoms. The maximum atomic E-state index is 14.6. The lowest BCUT2D eigenvalue weighted by Crippen LogP contribution is -2.43. The number of nitrogens with zero attached hydrogens (tertiary/aromatic N) is 4. The standard InChI is InChI=1S/C23H19F9N6O3/c1-9(22(27,28)29)20(40)37-6-13(24)14(7-37)36-19(39)11-4-10(2-3-16(11)41-21(25)26)15-5-12(23(30,31)32)17-18(33)34-8-35-38(15)17/h2-5,8-9,13-14,21H,6-7H2,1H3,(H,36,39)(H2,33,34,35)/t9?,13-,14+/m0/s1. The Morgan fingerprint density at radius 1 is 1.12 bits per heavy atom. The van der Waals surface area contributed by atoms with E-state index in [4.69, 9.17) is 5.73 Å². The lowest BCUT2D eigenvalue weighted by Gasteiger charge is -2.22. The van der Waals surface area contributed by atoms with Gasteiger partial charge in [0.25, 0.3) is 5.91 Å². The van der Waals surface area contributed by atoms with Crippen LogP contribution in [0.1, 0.15) is 22.8 Å². The summed E-state index contributed by atoms with van der Waals surface area (Å²) in [6, 6.07) is 1.90. The van der Waals surface area contributed by atoms with E-state index in [0.29, 0.717) is 17.9 Å². The highest BCUT2D eigenvalue weighted by atomic mass is 19.4. The van der Waals surface area contributed by atoms with E-state index in [-0.39, 0.29) is 11.3 Å². The van der Waals surface area contributed by atoms with Gasteiger partial charge in [-0.25, -0.2) is 13.9 Å². The van der Waals surface area contributed by atoms with Crippen LogP contribution < -0.4 is 15.8 Å². The highest BCUT2D eigenvalue weighted by molar-refractivity contribution is 5.98. The second-order valence-electron chi connectivity index (χ2n) is 9.04. The summed E-state index contributed by atoms with van der Waals surface area (Å²) < 4.78 is 126. The molecule has 2 aromatic heterocycles. The van der Waals surface area contributed by atoms with Crippen molar-refractivity contribution in [2.75, 3.05) is 18.8 Å². The second-order valence-corrected chi connectivity index (χ2v) is 9.04. The molecule has 1 fully saturated rings. The van der Waals surface area contributed by atoms with E-state index in [0.717, 1.165) is 29.0 Å². The van der Waals surface area contributed by atoms with Gasteiger partial charge in [-0.2, -0.15) is 40.2 Å². The minimum absolute atomic E-state index is 0.153. The van der Waals surface area contributed by atoms with Crippen molar-refractivity contribution in [1.29, 1.82) is 0 Å². The first-order valence-corrected chi connectivity index (χ1v) is 11.6. The monoisotopic (exact) mass is 598 g/mol. The van der Waals surface area contributed by atoms with E-state index in [1.165, 1.54) is 0 Å². The van der Waals surface area contributed by atoms with Crippen molar-refractivity contribution in [2.45, 2.75) is 38.1 Å². The number of amides is 2. The van der Waals surface area contributed by atoms with Crippen LogP contribution in [-0.4, -0.2) is 69.4 Å². The van der Waals surface area contributed by atoms with Crippen LogP contribution in [0.5, 0.6) is 5.75 Å². The summed E-state index contributed by atoms with van der Waals surface area (Å²) in [5.74, 6) is -6.38. The molecule has 1 aliphatic heterocycles. The van der Waals surface area contributed by atoms with Crippen LogP contribution in [-0.2, 0) is 11.0 Å². The minimum atomic E-state index is -4.91. The molecule has 3 atom stereocenters. The molecule has 3 heterocycles. The third-order valence-corrected chi connectivity index (χ3v) is 6.36. The van der Waals surface area contributed by atoms with Gasteiger partial charge >= 0.3 is 19.0 Å². The second kappa shape index (κ2) is 10.6. The fourth-order valence-corrected chi connectivity index (χ4v) is 4.30. The molecule has 4 rings (SSSR count). The number of benzene rings is 1. The average Bonchev–Trinajstić information content (AvgIpc) is 3.44. The van der Waals surface area contributed by atoms with Crippen molar-refractivity contribution < 1.29 is 53.8 Å². The van der Waals surface area contributed by atoms with Crippen LogP contribution in [0, 0.1) is 5.92 Å². The number of alkyl halides is 9. The summed E-state index contributed by atoms with van der Waals surface area (Å²) in [5.41, 5.74) is 2.67. The Labute approximate surface area is 224 Å². The van der Waals surface area contributed by atoms with E-state index in [1.807, 2.05) is 0 Å². The number of nitrogens with two attached hydrogens (primary N) is 1. The topological polar surface area (TPSA) is 115 Å². The highest BCUT2D eigenvalue weighted by Crippen LogP contribution is 2.39. The third kappa shape index (κ3) is 5.95. The fourth-order valence-electron chi connectivity index (χ4n) is 4.30. The van der Waals surface area contributed by atoms with Crippen LogP contribution >= 0.6 is 0 Å². The number of hydrogen-bond donors (Lipinski definition) is 2. The molecular weight excluding hydrogens is 579 g/mol. The Morgan fingerprint density at radius 3 is 2.41 bits per heavy atom. The summed E-state index contributed by atoms with van der Waals surface area (Å²) in [5, 5.41) is 5.88. The van der Waals surface area contributed by atoms with E-state index in [9.17, 15) is 49.1 Å². The molecule has 41 heavy (non-hydrogen) atoms. The number of rotatable bonds is 6. The van der Waals surface area contributed by atoms with Gasteiger partial charge in [0.1, 0.15) is 29.7 Å². The molecule has 1 saturated heterocycles. The SMILES string of the molecule is CC(C(=O)N1C[C@H](F)[C@H](NC(=O)c2cc(-c3cc(C(F)(F)F)c4c(N)ncnn34)ccc2OC(F)F)C1)C(F)(F)F. The number of anilines is 1. The van der Waals surface area contributed by atoms with Gasteiger partial charge in [0, 0.05) is 12.1 Å². The van der Waals surface area contributed by atoms with E-state index in [2.05, 4.69) is 20.1 Å². The van der Waals surface area contributed by atoms with Crippen molar-refractivity contribution in [3.8, 4) is 17.0 Å². The van der Waals surface area contributed by atoms with Gasteiger partial charge in [-0.1, -0.05) is 0 Å². The summed E-state index contributed by atoms with van der Waals surface area (Å²) in [6.07, 6.45) is -11.0. The van der Waals surface area contributed by atoms with Gasteiger partial charge in [0.2, 0.25) is 5.91 Å². The van der Waals surface area contributed by atoms with Crippen LogP contribution in [0.25, 0.3) is 16.8 Å². The van der Waals surface area contributed by atoms with Crippen LogP contribution in [0.4, 0.5) is 45.3 Å². The first-order valence-electron chi connectivity index (χ1n) is 11.6. The number of aromatic nitrogens is 3. The summed E-state index contributed by atoms with van der Waals surface area (Å²) in [6.45, 7) is -4.29. The van der Waals surface area contributed by atoms with Gasteiger partial charge < -0.3 is 20.7 Å². The normalized spacial score (nSPS) is 18.7. The summed E-state index contributed by atoms with van der Waals surface area (Å²) >= 11 is 0. The number of nitrogen functional groups attached to an aromatic ring is 1. The molecule has 1 unspecified atom stereocenters. The molecule has 1 aliphatic rings. The predicted octanol–water partition coefficient (Wildman–Crippen LogP) is 4.08. The maximum absolute atomic E-state index is 14.6. The molecule has 9 nitrogen and oxygen atoms in total. The largest absolute Gasteiger partial charge is 0.434 e. The predicted molar refractivity (Wildman–Crippen MR) is 122 cm³/mol. The smallest absolute Gasteiger partial charge is 0.418 e. The Bertz CT molecular complexity index is 1470. The molecular formula is C23H19F9N6O3. The molecule has 0 saturated carbocycles. The molecule has 3 aromatic rings. The molecule has 222 valence electrons. The first-order chi connectivity index (χ1) is 19.0. The lowest BCUT2D eigenvalue weighted by molar-refractivity contribution is -0.185. The Hall–Kier alpha value is -4.25. The zero-order valence-electron chi connectivity index (χ0n) is 20.6. The summed E-state index contributed by atoms with van der Waals surface area (Å²) in [7, 11) is 0. The van der Waals surface area contributed by atoms with Gasteiger partial charge in [0.05, 0.1) is 29.4 Å². The van der Waals surface area contributed by atoms with Crippen molar-refractivity contribution in [1.82, 2.24) is 24.8 Å². The zero-order valence-corrected chi connectivity index (χ0v) is 20.6. The van der Waals surface area contributed by atoms with E-state index < -0.39 is 90.2 Å². The van der Waals surface area contributed by atoms with Gasteiger partial charge in [-0.05, 0) is 31.2 Å². The van der Waals surface area contributed by atoms with Crippen molar-refractivity contribution in [2.24, 2.45) is 5.92 Å². The number of halogens is 9. The number of ether oxygens (including phenoxy) is 1. The molecule has 3 N–H and O–H groups in total. The molecule has 1 aromatic carbocycles. The molecule has 0 radical (unpaired) electrons. The van der Waals surface area contributed by atoms with Crippen LogP contribution in [0.15, 0.2) is 30.6 Å². The lowest BCUT2D eigenvalue weighted by atomic mass is 10.1. The zero-order chi connectivity index (χ0) is 30.4. The number of fused-ring (bicyclic) bond motifs is 1. The van der Waals surface area contributed by atoms with Crippen molar-refractivity contribution in [3.05, 3.63) is 41.7 Å². The molecule has 2 amide bonds. The van der Waals surface area contributed by atoms with Crippen molar-refractivity contribution >= 4 is 23.1 Å². The number of hydrogen-bond acceptors (Lipinski definition) is 6. The number of nitrogens with one attached hydrogen (secondary N) is 1. The average molecular weight is 598 g/mol. The van der Waals surface area contributed by atoms with Crippen molar-refractivity contribution in [3.63, 3.8) is 0 Å². The third-order valence-electron chi connectivity index (χ3n) is 6.36. The Kier molecular flexibility index (Phi) is 7.70. The van der Waals surface area contributed by atoms with Gasteiger partial charge in [-0.3, -0.25) is 9.59 Å². The number of carbonyl (C=O) groups excluding carboxylic acids is 2. The fraction of sp³-hybridized carbons (Fsp3) is 0.391. The first kappa shape index (κ1) is 29.7. The number of likely N-dealkylation sites (tertiary alicyclic amines) is 1. The Balaban J connectivity index is 1.69. The number of carbonyl (C=O) groups is 2. The Morgan fingerprint density at radius 2 is 1.80 bits per heavy atom. The van der Waals surface area contributed by atoms with E-state index >= 15 is 0 Å². The van der Waals surface area contributed by atoms with E-state index in [1.54, 1.807) is 0 Å². The molecule has 18 heteroatoms. The quantitative estimate of drug-likeness (QED) is 0.414. The minimum Gasteiger partial charge on any atom is -0.434 e. The summed E-state index contributed by atoms with van der Waals surface area (Å²) in [4.78, 5) is 29.3. The maximum Gasteiger partial charge on any atom is 0.418 e.